The topological polar surface area (TPSA) is 49.8 Å². The van der Waals surface area contributed by atoms with E-state index in [1.807, 2.05) is 24.3 Å². The maximum absolute atomic E-state index is 12.2. The van der Waals surface area contributed by atoms with Crippen LogP contribution in [0.5, 0.6) is 5.75 Å². The molecule has 1 saturated heterocycles. The summed E-state index contributed by atoms with van der Waals surface area (Å²) in [6, 6.07) is 7.49. The molecule has 106 valence electrons. The van der Waals surface area contributed by atoms with Crippen molar-refractivity contribution in [1.82, 2.24) is 4.90 Å². The summed E-state index contributed by atoms with van der Waals surface area (Å²) >= 11 is 6.48. The van der Waals surface area contributed by atoms with Crippen molar-refractivity contribution in [2.45, 2.75) is 6.42 Å². The first kappa shape index (κ1) is 15.0. The van der Waals surface area contributed by atoms with E-state index >= 15 is 0 Å². The van der Waals surface area contributed by atoms with Gasteiger partial charge in [0, 0.05) is 13.2 Å². The van der Waals surface area contributed by atoms with Gasteiger partial charge < -0.3 is 9.84 Å². The average molecular weight is 309 g/mol. The monoisotopic (exact) mass is 309 g/mol. The number of nitrogens with zero attached hydrogens (tertiary/aromatic N) is 1. The predicted octanol–water partition coefficient (Wildman–Crippen LogP) is 2.28. The van der Waals surface area contributed by atoms with Crippen molar-refractivity contribution in [2.24, 2.45) is 0 Å². The lowest BCUT2D eigenvalue weighted by Gasteiger charge is -2.12. The third kappa shape index (κ3) is 3.39. The van der Waals surface area contributed by atoms with Crippen molar-refractivity contribution in [2.75, 3.05) is 20.3 Å². The van der Waals surface area contributed by atoms with Crippen LogP contribution in [-0.4, -0.2) is 40.5 Å². The fourth-order valence-electron chi connectivity index (χ4n) is 1.80. The highest BCUT2D eigenvalue weighted by atomic mass is 32.2. The standard InChI is InChI=1S/C14H15NO3S2/c1-18-11-5-2-4-10(8-11)9-12-13(17)15(6-3-7-16)14(19)20-12/h2,4-5,8-9,16H,3,6-7H2,1H3/b12-9-. The van der Waals surface area contributed by atoms with Crippen LogP contribution < -0.4 is 4.74 Å². The Labute approximate surface area is 127 Å². The van der Waals surface area contributed by atoms with Gasteiger partial charge in [0.15, 0.2) is 0 Å². The molecule has 20 heavy (non-hydrogen) atoms. The Morgan fingerprint density at radius 3 is 3.00 bits per heavy atom. The molecule has 1 aromatic carbocycles. The van der Waals surface area contributed by atoms with Crippen LogP contribution in [0.4, 0.5) is 0 Å². The molecule has 4 nitrogen and oxygen atoms in total. The zero-order valence-electron chi connectivity index (χ0n) is 11.0. The summed E-state index contributed by atoms with van der Waals surface area (Å²) in [4.78, 5) is 14.3. The molecule has 0 atom stereocenters. The number of benzene rings is 1. The molecule has 1 amide bonds. The van der Waals surface area contributed by atoms with Gasteiger partial charge in [0.1, 0.15) is 10.1 Å². The molecule has 0 bridgehead atoms. The zero-order valence-corrected chi connectivity index (χ0v) is 12.7. The Balaban J connectivity index is 2.18. The van der Waals surface area contributed by atoms with Crippen LogP contribution in [0.15, 0.2) is 29.2 Å². The number of carbonyl (C=O) groups is 1. The van der Waals surface area contributed by atoms with E-state index in [1.165, 1.54) is 16.7 Å². The molecule has 2 rings (SSSR count). The van der Waals surface area contributed by atoms with Crippen molar-refractivity contribution in [3.05, 3.63) is 34.7 Å². The van der Waals surface area contributed by atoms with Gasteiger partial charge >= 0.3 is 0 Å². The lowest BCUT2D eigenvalue weighted by Crippen LogP contribution is -2.29. The maximum atomic E-state index is 12.2. The first-order valence-electron chi connectivity index (χ1n) is 6.16. The highest BCUT2D eigenvalue weighted by Crippen LogP contribution is 2.32. The van der Waals surface area contributed by atoms with Crippen LogP contribution in [0.1, 0.15) is 12.0 Å². The number of aliphatic hydroxyl groups excluding tert-OH is 1. The third-order valence-corrected chi connectivity index (χ3v) is 4.18. The summed E-state index contributed by atoms with van der Waals surface area (Å²) in [7, 11) is 1.60. The minimum absolute atomic E-state index is 0.0476. The molecule has 1 aliphatic rings. The SMILES string of the molecule is COc1cccc(/C=C2\SC(=S)N(CCCO)C2=O)c1. The Morgan fingerprint density at radius 1 is 1.50 bits per heavy atom. The van der Waals surface area contributed by atoms with E-state index in [1.54, 1.807) is 13.2 Å². The van der Waals surface area contributed by atoms with Gasteiger partial charge in [-0.05, 0) is 30.2 Å². The second kappa shape index (κ2) is 6.88. The van der Waals surface area contributed by atoms with Gasteiger partial charge in [-0.1, -0.05) is 36.1 Å². The normalized spacial score (nSPS) is 17.1. The van der Waals surface area contributed by atoms with E-state index < -0.39 is 0 Å². The lowest BCUT2D eigenvalue weighted by molar-refractivity contribution is -0.122. The van der Waals surface area contributed by atoms with E-state index in [0.717, 1.165) is 11.3 Å². The largest absolute Gasteiger partial charge is 0.497 e. The number of rotatable bonds is 5. The molecule has 0 radical (unpaired) electrons. The van der Waals surface area contributed by atoms with E-state index in [2.05, 4.69) is 0 Å². The van der Waals surface area contributed by atoms with Gasteiger partial charge in [-0.3, -0.25) is 9.69 Å². The lowest BCUT2D eigenvalue weighted by atomic mass is 10.2. The minimum atomic E-state index is -0.101. The molecule has 0 aromatic heterocycles. The molecule has 1 heterocycles. The Hall–Kier alpha value is -1.37. The Kier molecular flexibility index (Phi) is 5.17. The maximum Gasteiger partial charge on any atom is 0.266 e. The second-order valence-corrected chi connectivity index (χ2v) is 5.86. The smallest absolute Gasteiger partial charge is 0.266 e. The summed E-state index contributed by atoms with van der Waals surface area (Å²) in [6.07, 6.45) is 2.33. The van der Waals surface area contributed by atoms with Crippen LogP contribution in [0, 0.1) is 0 Å². The van der Waals surface area contributed by atoms with Crippen LogP contribution in [-0.2, 0) is 4.79 Å². The Morgan fingerprint density at radius 2 is 2.30 bits per heavy atom. The number of methoxy groups -OCH3 is 1. The number of hydrogen-bond acceptors (Lipinski definition) is 5. The molecule has 0 unspecified atom stereocenters. The first-order chi connectivity index (χ1) is 9.65. The summed E-state index contributed by atoms with van der Waals surface area (Å²) in [6.45, 7) is 0.503. The predicted molar refractivity (Wildman–Crippen MR) is 84.6 cm³/mol. The van der Waals surface area contributed by atoms with E-state index in [4.69, 9.17) is 22.1 Å². The molecule has 1 N–H and O–H groups in total. The van der Waals surface area contributed by atoms with Crippen molar-refractivity contribution < 1.29 is 14.6 Å². The summed E-state index contributed by atoms with van der Waals surface area (Å²) in [5.41, 5.74) is 0.895. The van der Waals surface area contributed by atoms with Crippen LogP contribution >= 0.6 is 24.0 Å². The molecule has 0 aliphatic carbocycles. The van der Waals surface area contributed by atoms with Crippen molar-refractivity contribution >= 4 is 40.3 Å². The molecule has 0 saturated carbocycles. The zero-order chi connectivity index (χ0) is 14.5. The third-order valence-electron chi connectivity index (χ3n) is 2.80. The molecule has 1 aromatic rings. The molecular weight excluding hydrogens is 294 g/mol. The summed E-state index contributed by atoms with van der Waals surface area (Å²) < 4.78 is 5.70. The van der Waals surface area contributed by atoms with Crippen molar-refractivity contribution in [1.29, 1.82) is 0 Å². The highest BCUT2D eigenvalue weighted by molar-refractivity contribution is 8.26. The van der Waals surface area contributed by atoms with E-state index in [-0.39, 0.29) is 12.5 Å². The van der Waals surface area contributed by atoms with Crippen LogP contribution in [0.3, 0.4) is 0 Å². The number of amides is 1. The summed E-state index contributed by atoms with van der Waals surface area (Å²) in [5, 5.41) is 8.84. The Bertz CT molecular complexity index is 557. The summed E-state index contributed by atoms with van der Waals surface area (Å²) in [5.74, 6) is 0.644. The van der Waals surface area contributed by atoms with Gasteiger partial charge in [-0.15, -0.1) is 0 Å². The first-order valence-corrected chi connectivity index (χ1v) is 7.38. The molecule has 0 spiro atoms. The van der Waals surface area contributed by atoms with Gasteiger partial charge in [0.2, 0.25) is 0 Å². The quantitative estimate of drug-likeness (QED) is 0.668. The molecular formula is C14H15NO3S2. The molecule has 1 aliphatic heterocycles. The van der Waals surface area contributed by atoms with Gasteiger partial charge in [0.25, 0.3) is 5.91 Å². The number of ether oxygens (including phenoxy) is 1. The second-order valence-electron chi connectivity index (χ2n) is 4.19. The van der Waals surface area contributed by atoms with E-state index in [9.17, 15) is 4.79 Å². The van der Waals surface area contributed by atoms with Gasteiger partial charge in [-0.2, -0.15) is 0 Å². The molecule has 1 fully saturated rings. The van der Waals surface area contributed by atoms with Crippen molar-refractivity contribution in [3.8, 4) is 5.75 Å². The number of thioether (sulfide) groups is 1. The number of hydrogen-bond donors (Lipinski definition) is 1. The van der Waals surface area contributed by atoms with Crippen LogP contribution in [0.2, 0.25) is 0 Å². The number of carbonyl (C=O) groups excluding carboxylic acids is 1. The van der Waals surface area contributed by atoms with Crippen molar-refractivity contribution in [3.63, 3.8) is 0 Å². The number of thiocarbonyl (C=S) groups is 1. The fraction of sp³-hybridized carbons (Fsp3) is 0.286. The molecule has 6 heteroatoms. The van der Waals surface area contributed by atoms with Gasteiger partial charge in [0.05, 0.1) is 12.0 Å². The highest BCUT2D eigenvalue weighted by Gasteiger charge is 2.31. The van der Waals surface area contributed by atoms with Crippen LogP contribution in [0.25, 0.3) is 6.08 Å². The van der Waals surface area contributed by atoms with Gasteiger partial charge in [-0.25, -0.2) is 0 Å². The number of aliphatic hydroxyl groups is 1. The minimum Gasteiger partial charge on any atom is -0.497 e. The average Bonchev–Trinajstić information content (AvgIpc) is 2.72. The fourth-order valence-corrected chi connectivity index (χ4v) is 3.11. The van der Waals surface area contributed by atoms with E-state index in [0.29, 0.717) is 22.2 Å².